The van der Waals surface area contributed by atoms with E-state index in [0.717, 1.165) is 26.2 Å². The Hall–Kier alpha value is -1.32. The first-order valence-electron chi connectivity index (χ1n) is 6.62. The van der Waals surface area contributed by atoms with Crippen LogP contribution in [0.2, 0.25) is 0 Å². The van der Waals surface area contributed by atoms with E-state index in [1.54, 1.807) is 7.11 Å². The summed E-state index contributed by atoms with van der Waals surface area (Å²) in [4.78, 5) is 0. The Balaban J connectivity index is 2.14. The Kier molecular flexibility index (Phi) is 4.79. The third kappa shape index (κ3) is 3.12. The molecule has 0 aliphatic carbocycles. The zero-order valence-electron chi connectivity index (χ0n) is 11.3. The highest BCUT2D eigenvalue weighted by Crippen LogP contribution is 2.17. The molecule has 0 spiro atoms. The molecule has 2 rings (SSSR count). The lowest BCUT2D eigenvalue weighted by atomic mass is 10.1. The quantitative estimate of drug-likeness (QED) is 0.760. The van der Waals surface area contributed by atoms with Gasteiger partial charge in [-0.2, -0.15) is 0 Å². The molecule has 18 heavy (non-hydrogen) atoms. The molecule has 3 nitrogen and oxygen atoms in total. The molecule has 1 N–H and O–H groups in total. The minimum absolute atomic E-state index is 0.752. The van der Waals surface area contributed by atoms with E-state index < -0.39 is 0 Å². The molecule has 0 amide bonds. The summed E-state index contributed by atoms with van der Waals surface area (Å²) < 4.78 is 7.39. The molecular formula is C15H22N2O. The highest BCUT2D eigenvalue weighted by molar-refractivity contribution is 5.80. The maximum absolute atomic E-state index is 5.14. The molecule has 0 saturated heterocycles. The Bertz CT molecular complexity index is 490. The van der Waals surface area contributed by atoms with Crippen LogP contribution in [0, 0.1) is 0 Å². The van der Waals surface area contributed by atoms with Crippen LogP contribution in [0.25, 0.3) is 10.9 Å². The van der Waals surface area contributed by atoms with Gasteiger partial charge in [0.2, 0.25) is 0 Å². The molecule has 0 unspecified atom stereocenters. The summed E-state index contributed by atoms with van der Waals surface area (Å²) in [5.74, 6) is 0. The molecule has 0 atom stereocenters. The van der Waals surface area contributed by atoms with Gasteiger partial charge in [-0.15, -0.1) is 0 Å². The zero-order chi connectivity index (χ0) is 12.8. The van der Waals surface area contributed by atoms with Crippen LogP contribution in [0.3, 0.4) is 0 Å². The van der Waals surface area contributed by atoms with Gasteiger partial charge in [-0.3, -0.25) is 0 Å². The van der Waals surface area contributed by atoms with Crippen molar-refractivity contribution in [3.8, 4) is 0 Å². The van der Waals surface area contributed by atoms with Gasteiger partial charge in [0, 0.05) is 31.9 Å². The number of hydrogen-bond acceptors (Lipinski definition) is 2. The zero-order valence-corrected chi connectivity index (χ0v) is 11.3. The molecule has 1 aromatic carbocycles. The monoisotopic (exact) mass is 246 g/mol. The molecule has 1 heterocycles. The summed E-state index contributed by atoms with van der Waals surface area (Å²) in [6, 6.07) is 8.83. The molecular weight excluding hydrogens is 224 g/mol. The van der Waals surface area contributed by atoms with Crippen molar-refractivity contribution in [2.75, 3.05) is 20.3 Å². The number of hydrogen-bond donors (Lipinski definition) is 1. The standard InChI is InChI=1S/C15H22N2O/c1-3-7-16-12-13-4-5-14-6-8-17(9-10-18-2)15(14)11-13/h4-6,8,11,16H,3,7,9-10,12H2,1-2H3. The van der Waals surface area contributed by atoms with Gasteiger partial charge < -0.3 is 14.6 Å². The van der Waals surface area contributed by atoms with E-state index in [-0.39, 0.29) is 0 Å². The third-order valence-corrected chi connectivity index (χ3v) is 3.13. The fourth-order valence-corrected chi connectivity index (χ4v) is 2.13. The van der Waals surface area contributed by atoms with Crippen LogP contribution >= 0.6 is 0 Å². The van der Waals surface area contributed by atoms with Crippen molar-refractivity contribution in [3.05, 3.63) is 36.0 Å². The number of fused-ring (bicyclic) bond motifs is 1. The summed E-state index contributed by atoms with van der Waals surface area (Å²) in [5.41, 5.74) is 2.64. The highest BCUT2D eigenvalue weighted by Gasteiger charge is 2.02. The first-order valence-corrected chi connectivity index (χ1v) is 6.62. The number of ether oxygens (including phenoxy) is 1. The largest absolute Gasteiger partial charge is 0.383 e. The van der Waals surface area contributed by atoms with Crippen molar-refractivity contribution >= 4 is 10.9 Å². The number of aromatic nitrogens is 1. The van der Waals surface area contributed by atoms with Crippen LogP contribution < -0.4 is 5.32 Å². The van der Waals surface area contributed by atoms with Crippen LogP contribution in [-0.2, 0) is 17.8 Å². The van der Waals surface area contributed by atoms with Crippen molar-refractivity contribution in [1.29, 1.82) is 0 Å². The summed E-state index contributed by atoms with van der Waals surface area (Å²) in [6.45, 7) is 5.86. The first kappa shape index (κ1) is 13.1. The van der Waals surface area contributed by atoms with Crippen molar-refractivity contribution in [2.45, 2.75) is 26.4 Å². The lowest BCUT2D eigenvalue weighted by Crippen LogP contribution is -2.13. The molecule has 3 heteroatoms. The number of benzene rings is 1. The van der Waals surface area contributed by atoms with Gasteiger partial charge in [0.1, 0.15) is 0 Å². The topological polar surface area (TPSA) is 26.2 Å². The van der Waals surface area contributed by atoms with Crippen LogP contribution in [0.4, 0.5) is 0 Å². The van der Waals surface area contributed by atoms with E-state index in [9.17, 15) is 0 Å². The Labute approximate surface area is 109 Å². The van der Waals surface area contributed by atoms with Crippen molar-refractivity contribution in [1.82, 2.24) is 9.88 Å². The highest BCUT2D eigenvalue weighted by atomic mass is 16.5. The molecule has 0 fully saturated rings. The van der Waals surface area contributed by atoms with Crippen LogP contribution in [-0.4, -0.2) is 24.8 Å². The van der Waals surface area contributed by atoms with Crippen LogP contribution in [0.15, 0.2) is 30.5 Å². The minimum atomic E-state index is 0.752. The average Bonchev–Trinajstić information content (AvgIpc) is 2.79. The fourth-order valence-electron chi connectivity index (χ4n) is 2.13. The van der Waals surface area contributed by atoms with Gasteiger partial charge in [-0.25, -0.2) is 0 Å². The second-order valence-electron chi connectivity index (χ2n) is 4.57. The molecule has 98 valence electrons. The Morgan fingerprint density at radius 3 is 2.94 bits per heavy atom. The van der Waals surface area contributed by atoms with E-state index in [1.165, 1.54) is 22.9 Å². The van der Waals surface area contributed by atoms with Crippen molar-refractivity contribution < 1.29 is 4.74 Å². The lowest BCUT2D eigenvalue weighted by Gasteiger charge is -2.07. The lowest BCUT2D eigenvalue weighted by molar-refractivity contribution is 0.188. The van der Waals surface area contributed by atoms with Gasteiger partial charge in [-0.1, -0.05) is 19.1 Å². The van der Waals surface area contributed by atoms with Gasteiger partial charge in [0.25, 0.3) is 0 Å². The third-order valence-electron chi connectivity index (χ3n) is 3.13. The summed E-state index contributed by atoms with van der Waals surface area (Å²) in [6.07, 6.45) is 3.30. The minimum Gasteiger partial charge on any atom is -0.383 e. The van der Waals surface area contributed by atoms with Crippen molar-refractivity contribution in [2.24, 2.45) is 0 Å². The molecule has 0 radical (unpaired) electrons. The molecule has 2 aromatic rings. The Morgan fingerprint density at radius 1 is 1.28 bits per heavy atom. The second-order valence-corrected chi connectivity index (χ2v) is 4.57. The predicted molar refractivity (Wildman–Crippen MR) is 75.8 cm³/mol. The number of rotatable bonds is 7. The van der Waals surface area contributed by atoms with E-state index >= 15 is 0 Å². The normalized spacial score (nSPS) is 11.2. The van der Waals surface area contributed by atoms with E-state index in [2.05, 4.69) is 47.3 Å². The summed E-state index contributed by atoms with van der Waals surface area (Å²) in [7, 11) is 1.74. The molecule has 1 aromatic heterocycles. The van der Waals surface area contributed by atoms with E-state index in [4.69, 9.17) is 4.74 Å². The summed E-state index contributed by atoms with van der Waals surface area (Å²) in [5, 5.41) is 4.73. The van der Waals surface area contributed by atoms with Gasteiger partial charge in [0.15, 0.2) is 0 Å². The first-order chi connectivity index (χ1) is 8.85. The molecule has 0 bridgehead atoms. The smallest absolute Gasteiger partial charge is 0.0641 e. The summed E-state index contributed by atoms with van der Waals surface area (Å²) >= 11 is 0. The van der Waals surface area contributed by atoms with Gasteiger partial charge in [0.05, 0.1) is 6.61 Å². The molecule has 0 aliphatic rings. The maximum Gasteiger partial charge on any atom is 0.0641 e. The molecule has 0 aliphatic heterocycles. The Morgan fingerprint density at radius 2 is 2.17 bits per heavy atom. The van der Waals surface area contributed by atoms with Crippen LogP contribution in [0.5, 0.6) is 0 Å². The van der Waals surface area contributed by atoms with E-state index in [0.29, 0.717) is 0 Å². The van der Waals surface area contributed by atoms with E-state index in [1.807, 2.05) is 0 Å². The van der Waals surface area contributed by atoms with Gasteiger partial charge >= 0.3 is 0 Å². The molecule has 0 saturated carbocycles. The van der Waals surface area contributed by atoms with Crippen molar-refractivity contribution in [3.63, 3.8) is 0 Å². The maximum atomic E-state index is 5.14. The van der Waals surface area contributed by atoms with Gasteiger partial charge in [-0.05, 0) is 36.0 Å². The van der Waals surface area contributed by atoms with Crippen LogP contribution in [0.1, 0.15) is 18.9 Å². The second kappa shape index (κ2) is 6.57. The predicted octanol–water partition coefficient (Wildman–Crippen LogP) is 2.79. The average molecular weight is 246 g/mol. The fraction of sp³-hybridized carbons (Fsp3) is 0.467. The number of methoxy groups -OCH3 is 1. The number of nitrogens with zero attached hydrogens (tertiary/aromatic N) is 1. The number of nitrogens with one attached hydrogen (secondary N) is 1. The SMILES string of the molecule is CCCNCc1ccc2ccn(CCOC)c2c1.